The Labute approximate surface area is 149 Å². The summed E-state index contributed by atoms with van der Waals surface area (Å²) in [5.74, 6) is 2.35. The van der Waals surface area contributed by atoms with E-state index in [1.807, 2.05) is 60.7 Å². The molecule has 3 rings (SSSR count). The normalized spacial score (nSPS) is 10.7. The Morgan fingerprint density at radius 3 is 2.30 bits per heavy atom. The van der Waals surface area contributed by atoms with Crippen molar-refractivity contribution in [2.24, 2.45) is 0 Å². The number of halogens is 2. The minimum absolute atomic E-state index is 0.473. The van der Waals surface area contributed by atoms with Gasteiger partial charge in [0.25, 0.3) is 0 Å². The van der Waals surface area contributed by atoms with Crippen LogP contribution in [-0.2, 0) is 11.5 Å². The summed E-state index contributed by atoms with van der Waals surface area (Å²) in [6.07, 6.45) is 0. The van der Waals surface area contributed by atoms with Crippen molar-refractivity contribution in [1.29, 1.82) is 0 Å². The number of nitrogens with zero attached hydrogens (tertiary/aromatic N) is 2. The largest absolute Gasteiger partial charge is 0.232 e. The summed E-state index contributed by atoms with van der Waals surface area (Å²) >= 11 is 13.8. The van der Waals surface area contributed by atoms with E-state index in [9.17, 15) is 0 Å². The van der Waals surface area contributed by atoms with E-state index < -0.39 is 0 Å². The van der Waals surface area contributed by atoms with Crippen LogP contribution in [0, 0.1) is 0 Å². The van der Waals surface area contributed by atoms with Crippen LogP contribution in [0.2, 0.25) is 10.2 Å². The van der Waals surface area contributed by atoms with Crippen LogP contribution in [-0.4, -0.2) is 9.97 Å². The predicted molar refractivity (Wildman–Crippen MR) is 98.9 cm³/mol. The molecule has 0 unspecified atom stereocenters. The molecular formula is C18H14Cl2N2S. The van der Waals surface area contributed by atoms with Gasteiger partial charge in [0.2, 0.25) is 0 Å². The third-order valence-electron chi connectivity index (χ3n) is 3.21. The van der Waals surface area contributed by atoms with Crippen molar-refractivity contribution >= 4 is 35.0 Å². The molecule has 2 nitrogen and oxygen atoms in total. The molecule has 0 aliphatic rings. The smallest absolute Gasteiger partial charge is 0.161 e. The molecule has 3 aromatic rings. The number of benzene rings is 2. The van der Waals surface area contributed by atoms with Gasteiger partial charge in [-0.3, -0.25) is 0 Å². The van der Waals surface area contributed by atoms with E-state index in [0.717, 1.165) is 27.8 Å². The quantitative estimate of drug-likeness (QED) is 0.531. The van der Waals surface area contributed by atoms with Crippen molar-refractivity contribution in [3.63, 3.8) is 0 Å². The molecule has 23 heavy (non-hydrogen) atoms. The highest BCUT2D eigenvalue weighted by Gasteiger charge is 2.06. The molecule has 2 aromatic carbocycles. The van der Waals surface area contributed by atoms with Crippen LogP contribution in [0.15, 0.2) is 60.7 Å². The van der Waals surface area contributed by atoms with E-state index in [2.05, 4.69) is 9.97 Å². The molecular weight excluding hydrogens is 347 g/mol. The highest BCUT2D eigenvalue weighted by atomic mass is 35.5. The second-order valence-corrected chi connectivity index (χ2v) is 6.80. The number of rotatable bonds is 5. The van der Waals surface area contributed by atoms with Crippen LogP contribution >= 0.6 is 35.0 Å². The van der Waals surface area contributed by atoms with Gasteiger partial charge in [0.05, 0.1) is 5.69 Å². The van der Waals surface area contributed by atoms with Crippen molar-refractivity contribution in [1.82, 2.24) is 9.97 Å². The number of hydrogen-bond donors (Lipinski definition) is 0. The van der Waals surface area contributed by atoms with Crippen molar-refractivity contribution in [2.75, 3.05) is 0 Å². The third-order valence-corrected chi connectivity index (χ3v) is 4.69. The third kappa shape index (κ3) is 4.71. The minimum atomic E-state index is 0.473. The SMILES string of the molecule is Clc1ccc(CSCc2cc(Cl)nc(-c3ccccc3)n2)cc1. The topological polar surface area (TPSA) is 25.8 Å². The van der Waals surface area contributed by atoms with Gasteiger partial charge in [0.15, 0.2) is 5.82 Å². The lowest BCUT2D eigenvalue weighted by atomic mass is 10.2. The first-order chi connectivity index (χ1) is 11.2. The maximum atomic E-state index is 6.14. The zero-order chi connectivity index (χ0) is 16.1. The van der Waals surface area contributed by atoms with Crippen molar-refractivity contribution in [3.05, 3.63) is 82.1 Å². The van der Waals surface area contributed by atoms with Gasteiger partial charge in [-0.1, -0.05) is 65.7 Å². The minimum Gasteiger partial charge on any atom is -0.232 e. The summed E-state index contributed by atoms with van der Waals surface area (Å²) in [6, 6.07) is 19.6. The van der Waals surface area contributed by atoms with E-state index in [1.54, 1.807) is 11.8 Å². The predicted octanol–water partition coefficient (Wildman–Crippen LogP) is 5.88. The Hall–Kier alpha value is -1.55. The summed E-state index contributed by atoms with van der Waals surface area (Å²) in [7, 11) is 0. The Balaban J connectivity index is 1.68. The molecule has 1 heterocycles. The molecule has 0 spiro atoms. The molecule has 5 heteroatoms. The van der Waals surface area contributed by atoms with Gasteiger partial charge < -0.3 is 0 Å². The molecule has 0 N–H and O–H groups in total. The van der Waals surface area contributed by atoms with Gasteiger partial charge >= 0.3 is 0 Å². The van der Waals surface area contributed by atoms with Gasteiger partial charge in [0.1, 0.15) is 5.15 Å². The fraction of sp³-hybridized carbons (Fsp3) is 0.111. The standard InChI is InChI=1S/C18H14Cl2N2S/c19-15-8-6-13(7-9-15)11-23-12-16-10-17(20)22-18(21-16)14-4-2-1-3-5-14/h1-10H,11-12H2. The monoisotopic (exact) mass is 360 g/mol. The first kappa shape index (κ1) is 16.3. The molecule has 1 aromatic heterocycles. The van der Waals surface area contributed by atoms with E-state index >= 15 is 0 Å². The molecule has 0 saturated heterocycles. The second-order valence-electron chi connectivity index (χ2n) is 4.99. The fourth-order valence-corrected chi connectivity index (χ4v) is 3.33. The summed E-state index contributed by atoms with van der Waals surface area (Å²) in [5, 5.41) is 1.23. The van der Waals surface area contributed by atoms with Gasteiger partial charge in [-0.15, -0.1) is 0 Å². The summed E-state index contributed by atoms with van der Waals surface area (Å²) in [6.45, 7) is 0. The van der Waals surface area contributed by atoms with Gasteiger partial charge in [-0.2, -0.15) is 11.8 Å². The Morgan fingerprint density at radius 1 is 0.826 bits per heavy atom. The number of aromatic nitrogens is 2. The Morgan fingerprint density at radius 2 is 1.57 bits per heavy atom. The summed E-state index contributed by atoms with van der Waals surface area (Å²) < 4.78 is 0. The van der Waals surface area contributed by atoms with Gasteiger partial charge in [0, 0.05) is 22.1 Å². The van der Waals surface area contributed by atoms with E-state index in [4.69, 9.17) is 23.2 Å². The molecule has 0 atom stereocenters. The lowest BCUT2D eigenvalue weighted by Gasteiger charge is -2.06. The average molecular weight is 361 g/mol. The van der Waals surface area contributed by atoms with Crippen LogP contribution in [0.5, 0.6) is 0 Å². The van der Waals surface area contributed by atoms with E-state index in [-0.39, 0.29) is 0 Å². The van der Waals surface area contributed by atoms with Crippen molar-refractivity contribution < 1.29 is 0 Å². The molecule has 0 aliphatic heterocycles. The van der Waals surface area contributed by atoms with Crippen LogP contribution < -0.4 is 0 Å². The van der Waals surface area contributed by atoms with Crippen LogP contribution in [0.3, 0.4) is 0 Å². The first-order valence-electron chi connectivity index (χ1n) is 7.12. The average Bonchev–Trinajstić information content (AvgIpc) is 2.57. The maximum absolute atomic E-state index is 6.14. The lowest BCUT2D eigenvalue weighted by Crippen LogP contribution is -1.95. The summed E-state index contributed by atoms with van der Waals surface area (Å²) in [5.41, 5.74) is 3.14. The molecule has 0 aliphatic carbocycles. The number of hydrogen-bond acceptors (Lipinski definition) is 3. The highest BCUT2D eigenvalue weighted by molar-refractivity contribution is 7.97. The van der Waals surface area contributed by atoms with Crippen LogP contribution in [0.1, 0.15) is 11.3 Å². The zero-order valence-corrected chi connectivity index (χ0v) is 14.6. The zero-order valence-electron chi connectivity index (χ0n) is 12.2. The van der Waals surface area contributed by atoms with Gasteiger partial charge in [-0.25, -0.2) is 9.97 Å². The molecule has 0 bridgehead atoms. The van der Waals surface area contributed by atoms with Crippen LogP contribution in [0.25, 0.3) is 11.4 Å². The first-order valence-corrected chi connectivity index (χ1v) is 9.03. The number of thioether (sulfide) groups is 1. The molecule has 0 amide bonds. The molecule has 0 fully saturated rings. The Kier molecular flexibility index (Phi) is 5.55. The van der Waals surface area contributed by atoms with E-state index in [1.165, 1.54) is 5.56 Å². The highest BCUT2D eigenvalue weighted by Crippen LogP contribution is 2.22. The van der Waals surface area contributed by atoms with Crippen molar-refractivity contribution in [2.45, 2.75) is 11.5 Å². The van der Waals surface area contributed by atoms with Crippen molar-refractivity contribution in [3.8, 4) is 11.4 Å². The molecule has 0 radical (unpaired) electrons. The molecule has 116 valence electrons. The van der Waals surface area contributed by atoms with E-state index in [0.29, 0.717) is 11.0 Å². The second kappa shape index (κ2) is 7.82. The fourth-order valence-electron chi connectivity index (χ4n) is 2.11. The maximum Gasteiger partial charge on any atom is 0.161 e. The summed E-state index contributed by atoms with van der Waals surface area (Å²) in [4.78, 5) is 8.92. The van der Waals surface area contributed by atoms with Gasteiger partial charge in [-0.05, 0) is 23.8 Å². The lowest BCUT2D eigenvalue weighted by molar-refractivity contribution is 1.10. The molecule has 0 saturated carbocycles. The Bertz CT molecular complexity index is 777. The van der Waals surface area contributed by atoms with Crippen LogP contribution in [0.4, 0.5) is 0 Å².